The van der Waals surface area contributed by atoms with E-state index >= 15 is 0 Å². The zero-order valence-electron chi connectivity index (χ0n) is 13.2. The lowest BCUT2D eigenvalue weighted by atomic mass is 9.97. The van der Waals surface area contributed by atoms with Crippen LogP contribution in [-0.4, -0.2) is 49.2 Å². The molecule has 0 radical (unpaired) electrons. The van der Waals surface area contributed by atoms with Gasteiger partial charge in [-0.25, -0.2) is 0 Å². The number of piperidine rings is 1. The summed E-state index contributed by atoms with van der Waals surface area (Å²) in [5, 5.41) is 7.10. The van der Waals surface area contributed by atoms with Crippen molar-refractivity contribution in [1.29, 1.82) is 0 Å². The molecule has 124 valence electrons. The van der Waals surface area contributed by atoms with Crippen LogP contribution < -0.4 is 5.32 Å². The topological polar surface area (TPSA) is 80.0 Å². The molecule has 2 rings (SSSR count). The van der Waals surface area contributed by atoms with Gasteiger partial charge < -0.3 is 19.5 Å². The van der Waals surface area contributed by atoms with Gasteiger partial charge in [-0.1, -0.05) is 5.16 Å². The van der Waals surface area contributed by atoms with E-state index in [1.165, 1.54) is 7.11 Å². The lowest BCUT2D eigenvalue weighted by Gasteiger charge is -2.33. The number of halogens is 1. The molecule has 0 aliphatic carbocycles. The second-order valence-electron chi connectivity index (χ2n) is 5.12. The van der Waals surface area contributed by atoms with Crippen LogP contribution in [0, 0.1) is 12.8 Å². The molecule has 7 nitrogen and oxygen atoms in total. The first-order valence-corrected chi connectivity index (χ1v) is 7.09. The Morgan fingerprint density at radius 3 is 2.73 bits per heavy atom. The minimum absolute atomic E-state index is 0. The van der Waals surface area contributed by atoms with E-state index in [0.29, 0.717) is 6.54 Å². The molecule has 0 atom stereocenters. The summed E-state index contributed by atoms with van der Waals surface area (Å²) in [6.45, 7) is 4.01. The minimum atomic E-state index is -0.116. The van der Waals surface area contributed by atoms with Crippen molar-refractivity contribution >= 4 is 35.9 Å². The molecule has 0 amide bonds. The van der Waals surface area contributed by atoms with Gasteiger partial charge in [-0.2, -0.15) is 0 Å². The summed E-state index contributed by atoms with van der Waals surface area (Å²) < 4.78 is 9.96. The van der Waals surface area contributed by atoms with Crippen LogP contribution in [0.4, 0.5) is 0 Å². The molecule has 22 heavy (non-hydrogen) atoms. The standard InChI is InChI=1S/C14H22N4O3.HI/c1-10-8-12(21-17-10)9-16-14(15-2)18-6-4-11(5-7-18)13(19)20-3;/h8,11H,4-7,9H2,1-3H3,(H,15,16);1H. The monoisotopic (exact) mass is 422 g/mol. The zero-order valence-corrected chi connectivity index (χ0v) is 15.5. The molecule has 2 heterocycles. The van der Waals surface area contributed by atoms with Gasteiger partial charge in [-0.15, -0.1) is 24.0 Å². The molecular formula is C14H23IN4O3. The number of aryl methyl sites for hydroxylation is 1. The Hall–Kier alpha value is -1.32. The number of nitrogens with one attached hydrogen (secondary N) is 1. The predicted molar refractivity (Wildman–Crippen MR) is 93.2 cm³/mol. The van der Waals surface area contributed by atoms with Gasteiger partial charge in [0.25, 0.3) is 0 Å². The van der Waals surface area contributed by atoms with Gasteiger partial charge >= 0.3 is 5.97 Å². The second kappa shape index (κ2) is 8.96. The number of likely N-dealkylation sites (tertiary alicyclic amines) is 1. The largest absolute Gasteiger partial charge is 0.469 e. The third-order valence-electron chi connectivity index (χ3n) is 3.64. The summed E-state index contributed by atoms with van der Waals surface area (Å²) in [4.78, 5) is 17.9. The van der Waals surface area contributed by atoms with E-state index in [-0.39, 0.29) is 35.9 Å². The Morgan fingerprint density at radius 1 is 1.55 bits per heavy atom. The first-order chi connectivity index (χ1) is 10.1. The number of rotatable bonds is 3. The number of nitrogens with zero attached hydrogens (tertiary/aromatic N) is 3. The Labute approximate surface area is 147 Å². The second-order valence-corrected chi connectivity index (χ2v) is 5.12. The highest BCUT2D eigenvalue weighted by atomic mass is 127. The summed E-state index contributed by atoms with van der Waals surface area (Å²) in [6.07, 6.45) is 1.57. The lowest BCUT2D eigenvalue weighted by molar-refractivity contribution is -0.146. The zero-order chi connectivity index (χ0) is 15.2. The molecule has 1 fully saturated rings. The van der Waals surface area contributed by atoms with Crippen LogP contribution in [0.2, 0.25) is 0 Å². The van der Waals surface area contributed by atoms with Crippen LogP contribution >= 0.6 is 24.0 Å². The molecule has 1 aromatic heterocycles. The van der Waals surface area contributed by atoms with E-state index in [9.17, 15) is 4.79 Å². The first-order valence-electron chi connectivity index (χ1n) is 7.09. The van der Waals surface area contributed by atoms with Crippen LogP contribution in [0.15, 0.2) is 15.6 Å². The van der Waals surface area contributed by atoms with Crippen molar-refractivity contribution in [2.24, 2.45) is 10.9 Å². The molecule has 1 N–H and O–H groups in total. The van der Waals surface area contributed by atoms with Crippen molar-refractivity contribution in [3.63, 3.8) is 0 Å². The highest BCUT2D eigenvalue weighted by molar-refractivity contribution is 14.0. The summed E-state index contributed by atoms with van der Waals surface area (Å²) in [5.74, 6) is 1.47. The van der Waals surface area contributed by atoms with E-state index in [2.05, 4.69) is 20.4 Å². The molecule has 0 saturated carbocycles. The van der Waals surface area contributed by atoms with E-state index in [0.717, 1.165) is 43.3 Å². The summed E-state index contributed by atoms with van der Waals surface area (Å²) in [7, 11) is 3.19. The Bertz CT molecular complexity index is 510. The normalized spacial score (nSPS) is 16.1. The molecule has 0 spiro atoms. The third-order valence-corrected chi connectivity index (χ3v) is 3.64. The molecule has 1 aliphatic rings. The summed E-state index contributed by atoms with van der Waals surface area (Å²) in [6, 6.07) is 1.89. The molecule has 1 aromatic rings. The van der Waals surface area contributed by atoms with Gasteiger partial charge in [-0.05, 0) is 19.8 Å². The number of carbonyl (C=O) groups is 1. The SMILES string of the molecule is CN=C(NCc1cc(C)no1)N1CCC(C(=O)OC)CC1.I. The van der Waals surface area contributed by atoms with Gasteiger partial charge in [0.2, 0.25) is 0 Å². The Balaban J connectivity index is 0.00000242. The molecule has 1 aliphatic heterocycles. The van der Waals surface area contributed by atoms with Crippen LogP contribution in [0.1, 0.15) is 24.3 Å². The maximum Gasteiger partial charge on any atom is 0.308 e. The van der Waals surface area contributed by atoms with Crippen LogP contribution in [0.5, 0.6) is 0 Å². The average Bonchev–Trinajstić information content (AvgIpc) is 2.93. The van der Waals surface area contributed by atoms with E-state index < -0.39 is 0 Å². The van der Waals surface area contributed by atoms with Crippen molar-refractivity contribution in [3.8, 4) is 0 Å². The molecule has 0 unspecified atom stereocenters. The maximum atomic E-state index is 11.5. The number of esters is 1. The quantitative estimate of drug-likeness (QED) is 0.345. The Morgan fingerprint density at radius 2 is 2.23 bits per heavy atom. The number of carbonyl (C=O) groups excluding carboxylic acids is 1. The van der Waals surface area contributed by atoms with E-state index in [4.69, 9.17) is 9.26 Å². The highest BCUT2D eigenvalue weighted by Gasteiger charge is 2.26. The summed E-state index contributed by atoms with van der Waals surface area (Å²) >= 11 is 0. The first kappa shape index (κ1) is 18.7. The fourth-order valence-electron chi connectivity index (χ4n) is 2.49. The molecule has 1 saturated heterocycles. The van der Waals surface area contributed by atoms with E-state index in [1.54, 1.807) is 7.05 Å². The van der Waals surface area contributed by atoms with Crippen LogP contribution in [0.3, 0.4) is 0 Å². The number of hydrogen-bond acceptors (Lipinski definition) is 5. The van der Waals surface area contributed by atoms with Crippen LogP contribution in [-0.2, 0) is 16.1 Å². The predicted octanol–water partition coefficient (Wildman–Crippen LogP) is 1.56. The maximum absolute atomic E-state index is 11.5. The average molecular weight is 422 g/mol. The molecule has 0 aromatic carbocycles. The third kappa shape index (κ3) is 4.85. The molecule has 8 heteroatoms. The van der Waals surface area contributed by atoms with Crippen molar-refractivity contribution in [1.82, 2.24) is 15.4 Å². The summed E-state index contributed by atoms with van der Waals surface area (Å²) in [5.41, 5.74) is 0.862. The number of ether oxygens (including phenoxy) is 1. The van der Waals surface area contributed by atoms with Gasteiger partial charge in [0.15, 0.2) is 11.7 Å². The van der Waals surface area contributed by atoms with Crippen molar-refractivity contribution in [3.05, 3.63) is 17.5 Å². The number of aromatic nitrogens is 1. The minimum Gasteiger partial charge on any atom is -0.469 e. The number of guanidine groups is 1. The smallest absolute Gasteiger partial charge is 0.308 e. The van der Waals surface area contributed by atoms with E-state index in [1.807, 2.05) is 13.0 Å². The molecular weight excluding hydrogens is 399 g/mol. The van der Waals surface area contributed by atoms with Crippen molar-refractivity contribution in [2.75, 3.05) is 27.2 Å². The van der Waals surface area contributed by atoms with Crippen molar-refractivity contribution < 1.29 is 14.1 Å². The fourth-order valence-corrected chi connectivity index (χ4v) is 2.49. The van der Waals surface area contributed by atoms with Crippen molar-refractivity contribution in [2.45, 2.75) is 26.3 Å². The Kier molecular flexibility index (Phi) is 7.63. The van der Waals surface area contributed by atoms with Gasteiger partial charge in [0.05, 0.1) is 25.3 Å². The number of aliphatic imine (C=N–C) groups is 1. The van der Waals surface area contributed by atoms with Crippen LogP contribution in [0.25, 0.3) is 0 Å². The number of hydrogen-bond donors (Lipinski definition) is 1. The molecule has 0 bridgehead atoms. The van der Waals surface area contributed by atoms with Gasteiger partial charge in [0, 0.05) is 26.2 Å². The number of methoxy groups -OCH3 is 1. The highest BCUT2D eigenvalue weighted by Crippen LogP contribution is 2.18. The fraction of sp³-hybridized carbons (Fsp3) is 0.643. The van der Waals surface area contributed by atoms with Gasteiger partial charge in [-0.3, -0.25) is 9.79 Å². The van der Waals surface area contributed by atoms with Gasteiger partial charge in [0.1, 0.15) is 0 Å². The lowest BCUT2D eigenvalue weighted by Crippen LogP contribution is -2.46.